The lowest BCUT2D eigenvalue weighted by molar-refractivity contribution is -0.149. The molecule has 29 heavy (non-hydrogen) atoms. The zero-order chi connectivity index (χ0) is 21.0. The number of ether oxygens (including phenoxy) is 1. The van der Waals surface area contributed by atoms with E-state index in [1.807, 2.05) is 0 Å². The molecule has 0 aromatic heterocycles. The summed E-state index contributed by atoms with van der Waals surface area (Å²) in [6, 6.07) is -0.442. The highest BCUT2D eigenvalue weighted by molar-refractivity contribution is 7.91. The molecule has 2 aliphatic heterocycles. The monoisotopic (exact) mass is 427 g/mol. The van der Waals surface area contributed by atoms with Gasteiger partial charge in [0.05, 0.1) is 17.5 Å². The van der Waals surface area contributed by atoms with Gasteiger partial charge in [-0.1, -0.05) is 25.7 Å². The Bertz CT molecular complexity index is 786. The van der Waals surface area contributed by atoms with Gasteiger partial charge in [-0.15, -0.1) is 0 Å². The SMILES string of the molecule is C[C@@H](OC(=O)C1=NN([C@H]2CCS(=O)(=O)C2)C(=O)CC1)C(=O)NC1CCCCCC1. The van der Waals surface area contributed by atoms with Crippen molar-refractivity contribution >= 4 is 33.3 Å². The van der Waals surface area contributed by atoms with Crippen LogP contribution >= 0.6 is 0 Å². The average molecular weight is 428 g/mol. The number of esters is 1. The Morgan fingerprint density at radius 1 is 1.14 bits per heavy atom. The Balaban J connectivity index is 1.57. The van der Waals surface area contributed by atoms with E-state index in [2.05, 4.69) is 10.4 Å². The summed E-state index contributed by atoms with van der Waals surface area (Å²) in [5, 5.41) is 8.14. The number of hydrogen-bond acceptors (Lipinski definition) is 7. The normalized spacial score (nSPS) is 26.4. The van der Waals surface area contributed by atoms with Crippen LogP contribution in [-0.2, 0) is 29.0 Å². The minimum absolute atomic E-state index is 0.00905. The van der Waals surface area contributed by atoms with E-state index in [1.165, 1.54) is 19.8 Å². The quantitative estimate of drug-likeness (QED) is 0.514. The van der Waals surface area contributed by atoms with E-state index in [0.29, 0.717) is 6.42 Å². The molecule has 0 radical (unpaired) electrons. The summed E-state index contributed by atoms with van der Waals surface area (Å²) in [5.74, 6) is -1.52. The van der Waals surface area contributed by atoms with Gasteiger partial charge in [-0.05, 0) is 26.2 Å². The van der Waals surface area contributed by atoms with Crippen molar-refractivity contribution in [1.82, 2.24) is 10.3 Å². The standard InChI is InChI=1S/C19H29N3O6S/c1-13(18(24)20-14-6-4-2-3-5-7-14)28-19(25)16-8-9-17(23)22(21-16)15-10-11-29(26,27)12-15/h13-15H,2-12H2,1H3,(H,20,24)/t13-,15+/m1/s1. The second-order valence-corrected chi connectivity index (χ2v) is 10.3. The number of nitrogens with one attached hydrogen (secondary N) is 1. The maximum atomic E-state index is 12.5. The van der Waals surface area contributed by atoms with Crippen molar-refractivity contribution in [3.05, 3.63) is 0 Å². The van der Waals surface area contributed by atoms with Crippen molar-refractivity contribution < 1.29 is 27.5 Å². The molecule has 2 amide bonds. The van der Waals surface area contributed by atoms with Crippen LogP contribution in [-0.4, -0.2) is 66.6 Å². The third-order valence-corrected chi connectivity index (χ3v) is 7.45. The molecule has 3 rings (SSSR count). The summed E-state index contributed by atoms with van der Waals surface area (Å²) in [6.07, 6.45) is 5.89. The van der Waals surface area contributed by atoms with E-state index in [9.17, 15) is 22.8 Å². The number of nitrogens with zero attached hydrogens (tertiary/aromatic N) is 2. The molecule has 10 heteroatoms. The molecule has 2 atom stereocenters. The van der Waals surface area contributed by atoms with Crippen LogP contribution in [0.25, 0.3) is 0 Å². The highest BCUT2D eigenvalue weighted by Gasteiger charge is 2.38. The number of rotatable bonds is 5. The Hall–Kier alpha value is -1.97. The van der Waals surface area contributed by atoms with Gasteiger partial charge in [0, 0.05) is 18.9 Å². The lowest BCUT2D eigenvalue weighted by Crippen LogP contribution is -2.44. The molecule has 0 aromatic carbocycles. The second-order valence-electron chi connectivity index (χ2n) is 8.09. The number of sulfone groups is 1. The number of hydrogen-bond donors (Lipinski definition) is 1. The zero-order valence-corrected chi connectivity index (χ0v) is 17.6. The van der Waals surface area contributed by atoms with Crippen molar-refractivity contribution in [2.75, 3.05) is 11.5 Å². The minimum Gasteiger partial charge on any atom is -0.448 e. The topological polar surface area (TPSA) is 122 Å². The van der Waals surface area contributed by atoms with Gasteiger partial charge in [0.15, 0.2) is 15.9 Å². The fourth-order valence-electron chi connectivity index (χ4n) is 4.00. The molecule has 1 saturated heterocycles. The fraction of sp³-hybridized carbons (Fsp3) is 0.789. The number of amides is 2. The van der Waals surface area contributed by atoms with E-state index in [-0.39, 0.29) is 47.9 Å². The minimum atomic E-state index is -3.19. The predicted molar refractivity (Wildman–Crippen MR) is 106 cm³/mol. The molecule has 3 aliphatic rings. The maximum absolute atomic E-state index is 12.5. The molecule has 1 N–H and O–H groups in total. The largest absolute Gasteiger partial charge is 0.448 e. The van der Waals surface area contributed by atoms with E-state index < -0.39 is 28.0 Å². The number of hydrazone groups is 1. The Kier molecular flexibility index (Phi) is 6.92. The van der Waals surface area contributed by atoms with Crippen molar-refractivity contribution in [3.63, 3.8) is 0 Å². The van der Waals surface area contributed by atoms with Crippen molar-refractivity contribution in [1.29, 1.82) is 0 Å². The fourth-order valence-corrected chi connectivity index (χ4v) is 5.69. The van der Waals surface area contributed by atoms with Crippen molar-refractivity contribution in [2.45, 2.75) is 82.9 Å². The molecule has 0 spiro atoms. The molecular formula is C19H29N3O6S. The molecule has 1 saturated carbocycles. The Labute approximate surface area is 171 Å². The molecule has 0 bridgehead atoms. The zero-order valence-electron chi connectivity index (χ0n) is 16.8. The van der Waals surface area contributed by atoms with Crippen molar-refractivity contribution in [2.24, 2.45) is 5.10 Å². The van der Waals surface area contributed by atoms with Gasteiger partial charge < -0.3 is 10.1 Å². The van der Waals surface area contributed by atoms with E-state index in [0.717, 1.165) is 30.7 Å². The molecule has 0 unspecified atom stereocenters. The maximum Gasteiger partial charge on any atom is 0.355 e. The summed E-state index contributed by atoms with van der Waals surface area (Å²) in [5.41, 5.74) is 0.0445. The van der Waals surface area contributed by atoms with E-state index in [4.69, 9.17) is 4.74 Å². The predicted octanol–water partition coefficient (Wildman–Crippen LogP) is 0.923. The van der Waals surface area contributed by atoms with Crippen LogP contribution < -0.4 is 5.32 Å². The van der Waals surface area contributed by atoms with Crippen molar-refractivity contribution in [3.8, 4) is 0 Å². The lowest BCUT2D eigenvalue weighted by Gasteiger charge is -2.27. The molecule has 2 fully saturated rings. The Morgan fingerprint density at radius 3 is 2.45 bits per heavy atom. The first-order valence-electron chi connectivity index (χ1n) is 10.4. The van der Waals surface area contributed by atoms with Gasteiger partial charge in [0.25, 0.3) is 5.91 Å². The van der Waals surface area contributed by atoms with Crippen LogP contribution in [0.15, 0.2) is 5.10 Å². The first kappa shape index (κ1) is 21.7. The highest BCUT2D eigenvalue weighted by atomic mass is 32.2. The first-order valence-corrected chi connectivity index (χ1v) is 12.2. The molecular weight excluding hydrogens is 398 g/mol. The summed E-state index contributed by atoms with van der Waals surface area (Å²) < 4.78 is 28.7. The van der Waals surface area contributed by atoms with Crippen LogP contribution in [0.5, 0.6) is 0 Å². The third kappa shape index (κ3) is 5.77. The Morgan fingerprint density at radius 2 is 1.83 bits per heavy atom. The summed E-state index contributed by atoms with van der Waals surface area (Å²) in [7, 11) is -3.19. The van der Waals surface area contributed by atoms with E-state index in [1.54, 1.807) is 0 Å². The first-order chi connectivity index (χ1) is 13.7. The third-order valence-electron chi connectivity index (χ3n) is 5.70. The van der Waals surface area contributed by atoms with Gasteiger partial charge in [0.2, 0.25) is 5.91 Å². The summed E-state index contributed by atoms with van der Waals surface area (Å²) in [6.45, 7) is 1.51. The van der Waals surface area contributed by atoms with Crippen LogP contribution in [0.1, 0.15) is 64.7 Å². The van der Waals surface area contributed by atoms with Gasteiger partial charge in [-0.2, -0.15) is 5.10 Å². The van der Waals surface area contributed by atoms with E-state index >= 15 is 0 Å². The van der Waals surface area contributed by atoms with Gasteiger partial charge in [0.1, 0.15) is 5.71 Å². The number of carbonyl (C=O) groups excluding carboxylic acids is 3. The van der Waals surface area contributed by atoms with Crippen LogP contribution in [0.3, 0.4) is 0 Å². The lowest BCUT2D eigenvalue weighted by atomic mass is 10.1. The van der Waals surface area contributed by atoms with Gasteiger partial charge >= 0.3 is 5.97 Å². The molecule has 0 aromatic rings. The second kappa shape index (κ2) is 9.23. The molecule has 1 aliphatic carbocycles. The molecule has 2 heterocycles. The van der Waals surface area contributed by atoms with Gasteiger partial charge in [-0.3, -0.25) is 9.59 Å². The molecule has 162 valence electrons. The van der Waals surface area contributed by atoms with Gasteiger partial charge in [-0.25, -0.2) is 18.2 Å². The van der Waals surface area contributed by atoms with Crippen LogP contribution in [0, 0.1) is 0 Å². The summed E-state index contributed by atoms with van der Waals surface area (Å²) in [4.78, 5) is 37.0. The van der Waals surface area contributed by atoms with Crippen LogP contribution in [0.4, 0.5) is 0 Å². The average Bonchev–Trinajstić information content (AvgIpc) is 2.86. The number of carbonyl (C=O) groups is 3. The highest BCUT2D eigenvalue weighted by Crippen LogP contribution is 2.22. The van der Waals surface area contributed by atoms with Crippen LogP contribution in [0.2, 0.25) is 0 Å². The molecule has 9 nitrogen and oxygen atoms in total. The smallest absolute Gasteiger partial charge is 0.355 e. The summed E-state index contributed by atoms with van der Waals surface area (Å²) >= 11 is 0.